The van der Waals surface area contributed by atoms with Crippen molar-refractivity contribution in [1.82, 2.24) is 0 Å². The minimum absolute atomic E-state index is 2.60. The molecule has 3 aromatic rings. The molecule has 190 valence electrons. The highest BCUT2D eigenvalue weighted by Gasteiger charge is 2.39. The van der Waals surface area contributed by atoms with Gasteiger partial charge in [-0.2, -0.15) is 0 Å². The van der Waals surface area contributed by atoms with Gasteiger partial charge in [-0.3, -0.25) is 9.59 Å². The fourth-order valence-corrected chi connectivity index (χ4v) is 2.89. The summed E-state index contributed by atoms with van der Waals surface area (Å²) in [7, 11) is 0. The van der Waals surface area contributed by atoms with Crippen LogP contribution in [0.25, 0.3) is 0 Å². The molecule has 0 bridgehead atoms. The molecule has 0 fully saturated rings. The Kier molecular flexibility index (Phi) is 6.59. The summed E-state index contributed by atoms with van der Waals surface area (Å²) < 4.78 is 192. The first-order chi connectivity index (χ1) is 16.6. The Morgan fingerprint density at radius 2 is 0.361 bits per heavy atom. The van der Waals surface area contributed by atoms with Crippen molar-refractivity contribution >= 4 is 11.6 Å². The number of carbonyl (C=O) groups excluding carboxylic acids is 2. The molecule has 0 aliphatic carbocycles. The largest absolute Gasteiger partial charge is 0.288 e. The van der Waals surface area contributed by atoms with Gasteiger partial charge in [0.15, 0.2) is 69.8 Å². The second-order valence-electron chi connectivity index (χ2n) is 6.55. The Labute approximate surface area is 187 Å². The second-order valence-corrected chi connectivity index (χ2v) is 6.55. The normalized spacial score (nSPS) is 11.3. The van der Waals surface area contributed by atoms with Crippen LogP contribution < -0.4 is 0 Å². The molecule has 0 aliphatic rings. The van der Waals surface area contributed by atoms with Crippen molar-refractivity contribution < 1.29 is 71.1 Å². The zero-order valence-corrected chi connectivity index (χ0v) is 16.1. The van der Waals surface area contributed by atoms with Gasteiger partial charge in [0.05, 0.1) is 0 Å². The molecule has 2 nitrogen and oxygen atoms in total. The quantitative estimate of drug-likeness (QED) is 0.174. The summed E-state index contributed by atoms with van der Waals surface area (Å²) >= 11 is 0. The number of halogens is 14. The van der Waals surface area contributed by atoms with Crippen molar-refractivity contribution in [3.8, 4) is 0 Å². The predicted octanol–water partition coefficient (Wildman–Crippen LogP) is 6.10. The molecule has 16 heteroatoms. The van der Waals surface area contributed by atoms with Crippen LogP contribution in [0.15, 0.2) is 0 Å². The van der Waals surface area contributed by atoms with Crippen molar-refractivity contribution in [3.63, 3.8) is 0 Å². The third-order valence-corrected chi connectivity index (χ3v) is 4.59. The highest BCUT2D eigenvalue weighted by Crippen LogP contribution is 2.33. The molecular weight excluding hydrogens is 538 g/mol. The molecule has 0 radical (unpaired) electrons. The van der Waals surface area contributed by atoms with Crippen LogP contribution in [-0.2, 0) is 0 Å². The monoisotopic (exact) mass is 538 g/mol. The summed E-state index contributed by atoms with van der Waals surface area (Å²) in [5.41, 5.74) is -10.5. The highest BCUT2D eigenvalue weighted by atomic mass is 19.2. The van der Waals surface area contributed by atoms with Crippen LogP contribution in [0.1, 0.15) is 31.8 Å². The van der Waals surface area contributed by atoms with Gasteiger partial charge in [-0.1, -0.05) is 0 Å². The Morgan fingerprint density at radius 3 is 0.528 bits per heavy atom. The summed E-state index contributed by atoms with van der Waals surface area (Å²) in [4.78, 5) is 24.3. The summed E-state index contributed by atoms with van der Waals surface area (Å²) in [5, 5.41) is 0. The van der Waals surface area contributed by atoms with Crippen molar-refractivity contribution in [1.29, 1.82) is 0 Å². The lowest BCUT2D eigenvalue weighted by atomic mass is 9.94. The van der Waals surface area contributed by atoms with Crippen LogP contribution in [0.2, 0.25) is 0 Å². The van der Waals surface area contributed by atoms with Gasteiger partial charge < -0.3 is 0 Å². The van der Waals surface area contributed by atoms with E-state index >= 15 is 0 Å². The number of hydrogen-bond donors (Lipinski definition) is 0. The predicted molar refractivity (Wildman–Crippen MR) is 85.6 cm³/mol. The van der Waals surface area contributed by atoms with Gasteiger partial charge in [0.2, 0.25) is 23.2 Å². The molecule has 0 amide bonds. The summed E-state index contributed by atoms with van der Waals surface area (Å²) in [6, 6.07) is 0. The first kappa shape index (κ1) is 26.6. The topological polar surface area (TPSA) is 34.1 Å². The molecule has 0 spiro atoms. The van der Waals surface area contributed by atoms with E-state index in [4.69, 9.17) is 0 Å². The lowest BCUT2D eigenvalue weighted by Crippen LogP contribution is -2.22. The first-order valence-electron chi connectivity index (χ1n) is 8.55. The van der Waals surface area contributed by atoms with Crippen LogP contribution in [0, 0.1) is 81.4 Å². The standard InChI is InChI=1S/C20F14O2/c21-5-1(19(35)3-9(25)13(29)17(33)14(30)10(3)26)6(22)8(24)2(7(5)23)20(36)4-11(27)15(31)18(34)16(32)12(4)28. The van der Waals surface area contributed by atoms with Crippen LogP contribution >= 0.6 is 0 Å². The zero-order valence-electron chi connectivity index (χ0n) is 16.1. The summed E-state index contributed by atoms with van der Waals surface area (Å²) in [6.45, 7) is 0. The van der Waals surface area contributed by atoms with E-state index in [1.54, 1.807) is 0 Å². The maximum Gasteiger partial charge on any atom is 0.205 e. The smallest absolute Gasteiger partial charge is 0.205 e. The van der Waals surface area contributed by atoms with Gasteiger partial charge in [0.25, 0.3) is 0 Å². The first-order valence-corrected chi connectivity index (χ1v) is 8.55. The number of hydrogen-bond acceptors (Lipinski definition) is 2. The molecule has 0 saturated carbocycles. The number of benzene rings is 3. The average molecular weight is 538 g/mol. The number of carbonyl (C=O) groups is 2. The van der Waals surface area contributed by atoms with E-state index in [0.717, 1.165) is 0 Å². The van der Waals surface area contributed by atoms with Crippen LogP contribution in [0.3, 0.4) is 0 Å². The van der Waals surface area contributed by atoms with E-state index in [2.05, 4.69) is 0 Å². The lowest BCUT2D eigenvalue weighted by Gasteiger charge is -2.13. The van der Waals surface area contributed by atoms with Gasteiger partial charge in [0, 0.05) is 0 Å². The second kappa shape index (κ2) is 8.91. The van der Waals surface area contributed by atoms with E-state index in [0.29, 0.717) is 0 Å². The van der Waals surface area contributed by atoms with Crippen molar-refractivity contribution in [2.24, 2.45) is 0 Å². The Balaban J connectivity index is 2.32. The Bertz CT molecular complexity index is 1310. The van der Waals surface area contributed by atoms with Crippen molar-refractivity contribution in [2.75, 3.05) is 0 Å². The Morgan fingerprint density at radius 1 is 0.250 bits per heavy atom. The van der Waals surface area contributed by atoms with E-state index in [1.165, 1.54) is 0 Å². The number of rotatable bonds is 4. The molecule has 0 aromatic heterocycles. The maximum atomic E-state index is 14.4. The molecule has 0 unspecified atom stereocenters. The molecule has 0 atom stereocenters. The summed E-state index contributed by atoms with van der Waals surface area (Å²) in [6.07, 6.45) is 0. The molecule has 36 heavy (non-hydrogen) atoms. The minimum atomic E-state index is -3.06. The van der Waals surface area contributed by atoms with Crippen molar-refractivity contribution in [2.45, 2.75) is 0 Å². The fraction of sp³-hybridized carbons (Fsp3) is 0. The molecule has 0 N–H and O–H groups in total. The van der Waals surface area contributed by atoms with Gasteiger partial charge in [0.1, 0.15) is 22.3 Å². The third kappa shape index (κ3) is 3.58. The van der Waals surface area contributed by atoms with E-state index in [1.807, 2.05) is 0 Å². The van der Waals surface area contributed by atoms with Gasteiger partial charge in [-0.25, -0.2) is 61.5 Å². The molecule has 0 heterocycles. The molecular formula is C20F14O2. The maximum absolute atomic E-state index is 14.4. The highest BCUT2D eigenvalue weighted by molar-refractivity contribution is 6.12. The van der Waals surface area contributed by atoms with E-state index in [9.17, 15) is 71.1 Å². The fourth-order valence-electron chi connectivity index (χ4n) is 2.89. The van der Waals surface area contributed by atoms with Crippen LogP contribution in [0.4, 0.5) is 61.5 Å². The van der Waals surface area contributed by atoms with Gasteiger partial charge in [-0.05, 0) is 0 Å². The zero-order chi connectivity index (χ0) is 27.5. The van der Waals surface area contributed by atoms with Gasteiger partial charge in [-0.15, -0.1) is 0 Å². The Hall–Kier alpha value is -3.98. The third-order valence-electron chi connectivity index (χ3n) is 4.59. The molecule has 3 rings (SSSR count). The van der Waals surface area contributed by atoms with Crippen LogP contribution in [0.5, 0.6) is 0 Å². The lowest BCUT2D eigenvalue weighted by molar-refractivity contribution is 0.0994. The number of ketones is 2. The van der Waals surface area contributed by atoms with E-state index in [-0.39, 0.29) is 0 Å². The molecule has 3 aromatic carbocycles. The molecule has 0 saturated heterocycles. The average Bonchev–Trinajstić information content (AvgIpc) is 2.83. The molecule has 0 aliphatic heterocycles. The van der Waals surface area contributed by atoms with Gasteiger partial charge >= 0.3 is 0 Å². The van der Waals surface area contributed by atoms with Crippen molar-refractivity contribution in [3.05, 3.63) is 104 Å². The summed E-state index contributed by atoms with van der Waals surface area (Å²) in [5.74, 6) is -46.9. The minimum Gasteiger partial charge on any atom is -0.288 e. The van der Waals surface area contributed by atoms with Crippen LogP contribution in [-0.4, -0.2) is 11.6 Å². The van der Waals surface area contributed by atoms with E-state index < -0.39 is 115 Å². The SMILES string of the molecule is O=C(c1c(F)c(F)c(F)c(F)c1F)c1c(F)c(F)c(C(=O)c2c(F)c(F)c(F)c(F)c2F)c(F)c1F.